The summed E-state index contributed by atoms with van der Waals surface area (Å²) in [6, 6.07) is 19.7. The highest BCUT2D eigenvalue weighted by molar-refractivity contribution is 6.43. The van der Waals surface area contributed by atoms with Crippen LogP contribution in [-0.4, -0.2) is 29.6 Å². The molecule has 0 atom stereocenters. The fourth-order valence-electron chi connectivity index (χ4n) is 2.44. The van der Waals surface area contributed by atoms with Gasteiger partial charge in [0, 0.05) is 6.42 Å². The van der Waals surface area contributed by atoms with Crippen molar-refractivity contribution in [3.8, 4) is 0 Å². The Labute approximate surface area is 159 Å². The van der Waals surface area contributed by atoms with Crippen LogP contribution in [0.5, 0.6) is 0 Å². The second kappa shape index (κ2) is 9.29. The maximum absolute atomic E-state index is 4.61. The zero-order valence-electron chi connectivity index (χ0n) is 15.4. The number of benzene rings is 2. The Morgan fingerprint density at radius 3 is 1.85 bits per heavy atom. The quantitative estimate of drug-likeness (QED) is 0.532. The van der Waals surface area contributed by atoms with Crippen molar-refractivity contribution in [3.63, 3.8) is 0 Å². The number of rotatable bonds is 6. The van der Waals surface area contributed by atoms with Gasteiger partial charge in [-0.3, -0.25) is 0 Å². The molecule has 0 unspecified atom stereocenters. The second-order valence-corrected chi connectivity index (χ2v) is 6.03. The first kappa shape index (κ1) is 18.3. The summed E-state index contributed by atoms with van der Waals surface area (Å²) >= 11 is 0. The first-order chi connectivity index (χ1) is 13.2. The van der Waals surface area contributed by atoms with Crippen LogP contribution in [0.4, 0.5) is 0 Å². The zero-order chi connectivity index (χ0) is 18.9. The highest BCUT2D eigenvalue weighted by Gasteiger charge is 2.13. The largest absolute Gasteiger partial charge is 0.250 e. The van der Waals surface area contributed by atoms with E-state index < -0.39 is 0 Å². The van der Waals surface area contributed by atoms with Gasteiger partial charge in [-0.15, -0.1) is 0 Å². The van der Waals surface area contributed by atoms with Gasteiger partial charge in [0.2, 0.25) is 0 Å². The third kappa shape index (κ3) is 5.51. The molecule has 0 amide bonds. The highest BCUT2D eigenvalue weighted by atomic mass is 15.2. The topological polar surface area (TPSA) is 61.8 Å². The fraction of sp³-hybridized carbons (Fsp3) is 0.136. The van der Waals surface area contributed by atoms with Crippen molar-refractivity contribution in [3.05, 3.63) is 83.6 Å². The standard InChI is InChI=1S/C22H21N5/c1-17(26-23-15-19-9-5-3-6-10-19)21-13-14-22(25-21)18(2)27-24-16-20-11-7-4-8-12-20/h3-13,15-16H,14H2,1-2H3/b23-15-,24-16-,26-17+,27-18-. The second-order valence-electron chi connectivity index (χ2n) is 6.03. The Kier molecular flexibility index (Phi) is 6.30. The molecule has 3 rings (SSSR count). The summed E-state index contributed by atoms with van der Waals surface area (Å²) in [6.45, 7) is 3.82. The summed E-state index contributed by atoms with van der Waals surface area (Å²) in [5, 5.41) is 16.8. The Morgan fingerprint density at radius 1 is 0.778 bits per heavy atom. The molecule has 27 heavy (non-hydrogen) atoms. The molecule has 1 heterocycles. The first-order valence-electron chi connectivity index (χ1n) is 8.76. The van der Waals surface area contributed by atoms with Gasteiger partial charge in [-0.25, -0.2) is 4.99 Å². The van der Waals surface area contributed by atoms with Crippen LogP contribution >= 0.6 is 0 Å². The van der Waals surface area contributed by atoms with Crippen LogP contribution in [0, 0.1) is 0 Å². The molecule has 0 saturated heterocycles. The summed E-state index contributed by atoms with van der Waals surface area (Å²) in [4.78, 5) is 4.61. The minimum Gasteiger partial charge on any atom is -0.250 e. The molecule has 1 aliphatic heterocycles. The van der Waals surface area contributed by atoms with Crippen LogP contribution in [0.1, 0.15) is 31.4 Å². The zero-order valence-corrected chi connectivity index (χ0v) is 15.4. The number of allylic oxidation sites excluding steroid dienone is 2. The third-order valence-corrected chi connectivity index (χ3v) is 3.96. The number of aliphatic imine (C=N–C) groups is 1. The van der Waals surface area contributed by atoms with Crippen molar-refractivity contribution in [2.45, 2.75) is 20.3 Å². The van der Waals surface area contributed by atoms with Gasteiger partial charge in [0.05, 0.1) is 35.3 Å². The van der Waals surface area contributed by atoms with E-state index in [1.54, 1.807) is 12.4 Å². The molecule has 134 valence electrons. The predicted molar refractivity (Wildman–Crippen MR) is 114 cm³/mol. The molecule has 2 aromatic rings. The highest BCUT2D eigenvalue weighted by Crippen LogP contribution is 2.14. The lowest BCUT2D eigenvalue weighted by Gasteiger charge is -1.97. The van der Waals surface area contributed by atoms with E-state index in [0.29, 0.717) is 0 Å². The van der Waals surface area contributed by atoms with Crippen LogP contribution in [-0.2, 0) is 0 Å². The van der Waals surface area contributed by atoms with Crippen molar-refractivity contribution >= 4 is 29.6 Å². The molecular formula is C22H21N5. The molecule has 0 aliphatic carbocycles. The average molecular weight is 355 g/mol. The Hall–Kier alpha value is -3.47. The predicted octanol–water partition coefficient (Wildman–Crippen LogP) is 4.71. The molecule has 0 radical (unpaired) electrons. The van der Waals surface area contributed by atoms with Gasteiger partial charge < -0.3 is 0 Å². The average Bonchev–Trinajstić information content (AvgIpc) is 3.20. The van der Waals surface area contributed by atoms with E-state index in [1.165, 1.54) is 0 Å². The molecule has 0 fully saturated rings. The minimum atomic E-state index is 0.723. The van der Waals surface area contributed by atoms with E-state index >= 15 is 0 Å². The number of hydrogen-bond acceptors (Lipinski definition) is 5. The Morgan fingerprint density at radius 2 is 1.30 bits per heavy atom. The summed E-state index contributed by atoms with van der Waals surface area (Å²) in [7, 11) is 0. The lowest BCUT2D eigenvalue weighted by atomic mass is 10.2. The molecular weight excluding hydrogens is 334 g/mol. The number of hydrogen-bond donors (Lipinski definition) is 0. The minimum absolute atomic E-state index is 0.723. The van der Waals surface area contributed by atoms with E-state index in [0.717, 1.165) is 40.4 Å². The maximum atomic E-state index is 4.61. The summed E-state index contributed by atoms with van der Waals surface area (Å²) in [5.41, 5.74) is 5.33. The van der Waals surface area contributed by atoms with E-state index in [1.807, 2.05) is 80.6 Å². The maximum Gasteiger partial charge on any atom is 0.0852 e. The van der Waals surface area contributed by atoms with Crippen LogP contribution < -0.4 is 0 Å². The molecule has 5 nitrogen and oxygen atoms in total. The molecule has 2 aromatic carbocycles. The lowest BCUT2D eigenvalue weighted by Crippen LogP contribution is -2.06. The van der Waals surface area contributed by atoms with E-state index in [4.69, 9.17) is 0 Å². The molecule has 0 aromatic heterocycles. The lowest BCUT2D eigenvalue weighted by molar-refractivity contribution is 1.23. The van der Waals surface area contributed by atoms with E-state index in [-0.39, 0.29) is 0 Å². The Balaban J connectivity index is 1.62. The van der Waals surface area contributed by atoms with Crippen molar-refractivity contribution in [2.75, 3.05) is 0 Å². The van der Waals surface area contributed by atoms with Gasteiger partial charge in [0.15, 0.2) is 0 Å². The monoisotopic (exact) mass is 355 g/mol. The molecule has 5 heteroatoms. The Bertz CT molecular complexity index is 949. The van der Waals surface area contributed by atoms with Gasteiger partial charge in [-0.2, -0.15) is 20.4 Å². The van der Waals surface area contributed by atoms with Crippen molar-refractivity contribution < 1.29 is 0 Å². The van der Waals surface area contributed by atoms with Gasteiger partial charge in [-0.1, -0.05) is 66.7 Å². The van der Waals surface area contributed by atoms with Crippen molar-refractivity contribution in [1.29, 1.82) is 0 Å². The third-order valence-electron chi connectivity index (χ3n) is 3.96. The summed E-state index contributed by atoms with van der Waals surface area (Å²) in [5.74, 6) is 0. The van der Waals surface area contributed by atoms with Crippen molar-refractivity contribution in [2.24, 2.45) is 25.4 Å². The molecule has 0 saturated carbocycles. The van der Waals surface area contributed by atoms with E-state index in [2.05, 4.69) is 25.4 Å². The van der Waals surface area contributed by atoms with Crippen LogP contribution in [0.3, 0.4) is 0 Å². The summed E-state index contributed by atoms with van der Waals surface area (Å²) in [6.07, 6.45) is 6.22. The van der Waals surface area contributed by atoms with Gasteiger partial charge in [-0.05, 0) is 25.0 Å². The fourth-order valence-corrected chi connectivity index (χ4v) is 2.44. The van der Waals surface area contributed by atoms with Gasteiger partial charge in [0.1, 0.15) is 0 Å². The van der Waals surface area contributed by atoms with Crippen LogP contribution in [0.15, 0.2) is 97.8 Å². The SMILES string of the molecule is C/C(=N/N=C\c1ccccc1)C1=NC(/C(C)=N/N=C\c2ccccc2)=CC1. The smallest absolute Gasteiger partial charge is 0.0852 e. The molecule has 0 spiro atoms. The molecule has 1 aliphatic rings. The molecule has 0 bridgehead atoms. The van der Waals surface area contributed by atoms with Gasteiger partial charge in [0.25, 0.3) is 0 Å². The molecule has 0 N–H and O–H groups in total. The number of nitrogens with zero attached hydrogens (tertiary/aromatic N) is 5. The van der Waals surface area contributed by atoms with Gasteiger partial charge >= 0.3 is 0 Å². The summed E-state index contributed by atoms with van der Waals surface area (Å²) < 4.78 is 0. The first-order valence-corrected chi connectivity index (χ1v) is 8.76. The van der Waals surface area contributed by atoms with Crippen LogP contribution in [0.25, 0.3) is 0 Å². The van der Waals surface area contributed by atoms with Crippen molar-refractivity contribution in [1.82, 2.24) is 0 Å². The van der Waals surface area contributed by atoms with Crippen LogP contribution in [0.2, 0.25) is 0 Å². The van der Waals surface area contributed by atoms with E-state index in [9.17, 15) is 0 Å². The normalized spacial score (nSPS) is 15.5.